The van der Waals surface area contributed by atoms with Crippen molar-refractivity contribution < 1.29 is 0 Å². The Morgan fingerprint density at radius 3 is 2.94 bits per heavy atom. The van der Waals surface area contributed by atoms with Gasteiger partial charge in [0.15, 0.2) is 0 Å². The second-order valence-corrected chi connectivity index (χ2v) is 5.05. The van der Waals surface area contributed by atoms with Crippen LogP contribution in [-0.2, 0) is 6.42 Å². The molecular weight excluding hydrogens is 232 g/mol. The molecule has 1 heterocycles. The molecule has 0 aromatic heterocycles. The maximum Gasteiger partial charge on any atom is 0.0437 e. The number of nitrogens with zero attached hydrogens (tertiary/aromatic N) is 1. The second kappa shape index (κ2) is 7.00. The van der Waals surface area contributed by atoms with Crippen LogP contribution in [0.4, 0.5) is 0 Å². The molecular formula is C14H21ClN2. The average Bonchev–Trinajstić information content (AvgIpc) is 2.60. The number of halogens is 1. The van der Waals surface area contributed by atoms with E-state index in [0.717, 1.165) is 18.0 Å². The standard InChI is InChI=1S/C14H21ClN2/c15-14-7-2-1-5-13(14)6-3-10-17-11-4-8-16-9-12-17/h1-2,5,7,16H,3-4,6,8-12H2. The molecule has 0 amide bonds. The fourth-order valence-electron chi connectivity index (χ4n) is 2.32. The first-order valence-corrected chi connectivity index (χ1v) is 6.90. The Hall–Kier alpha value is -0.570. The molecule has 1 fully saturated rings. The SMILES string of the molecule is Clc1ccccc1CCCN1CCCNCC1. The molecule has 0 radical (unpaired) electrons. The van der Waals surface area contributed by atoms with E-state index in [1.165, 1.54) is 44.6 Å². The Balaban J connectivity index is 1.73. The van der Waals surface area contributed by atoms with Gasteiger partial charge in [0, 0.05) is 18.1 Å². The number of hydrogen-bond acceptors (Lipinski definition) is 2. The van der Waals surface area contributed by atoms with E-state index in [1.807, 2.05) is 12.1 Å². The summed E-state index contributed by atoms with van der Waals surface area (Å²) in [6.45, 7) is 5.90. The molecule has 0 bridgehead atoms. The zero-order chi connectivity index (χ0) is 11.9. The van der Waals surface area contributed by atoms with Crippen LogP contribution < -0.4 is 5.32 Å². The predicted molar refractivity (Wildman–Crippen MR) is 73.7 cm³/mol. The number of aryl methyl sites for hydroxylation is 1. The minimum absolute atomic E-state index is 0.907. The summed E-state index contributed by atoms with van der Waals surface area (Å²) in [5.41, 5.74) is 1.28. The first-order chi connectivity index (χ1) is 8.36. The lowest BCUT2D eigenvalue weighted by molar-refractivity contribution is 0.289. The number of nitrogens with one attached hydrogen (secondary N) is 1. The van der Waals surface area contributed by atoms with Crippen molar-refractivity contribution in [3.8, 4) is 0 Å². The summed E-state index contributed by atoms with van der Waals surface area (Å²) in [5, 5.41) is 4.34. The summed E-state index contributed by atoms with van der Waals surface area (Å²) < 4.78 is 0. The van der Waals surface area contributed by atoms with Gasteiger partial charge in [0.25, 0.3) is 0 Å². The molecule has 0 aliphatic carbocycles. The molecule has 1 aliphatic heterocycles. The highest BCUT2D eigenvalue weighted by Crippen LogP contribution is 2.16. The fourth-order valence-corrected chi connectivity index (χ4v) is 2.55. The molecule has 0 atom stereocenters. The summed E-state index contributed by atoms with van der Waals surface area (Å²) in [6.07, 6.45) is 3.55. The quantitative estimate of drug-likeness (QED) is 0.886. The normalized spacial score (nSPS) is 17.9. The van der Waals surface area contributed by atoms with Crippen molar-refractivity contribution >= 4 is 11.6 Å². The molecule has 1 aliphatic rings. The van der Waals surface area contributed by atoms with Crippen molar-refractivity contribution in [2.24, 2.45) is 0 Å². The Morgan fingerprint density at radius 1 is 1.18 bits per heavy atom. The summed E-state index contributed by atoms with van der Waals surface area (Å²) in [7, 11) is 0. The molecule has 17 heavy (non-hydrogen) atoms. The smallest absolute Gasteiger partial charge is 0.0437 e. The summed E-state index contributed by atoms with van der Waals surface area (Å²) in [6, 6.07) is 8.17. The third kappa shape index (κ3) is 4.30. The maximum absolute atomic E-state index is 6.15. The third-order valence-electron chi connectivity index (χ3n) is 3.31. The third-order valence-corrected chi connectivity index (χ3v) is 3.68. The topological polar surface area (TPSA) is 15.3 Å². The summed E-state index contributed by atoms with van der Waals surface area (Å²) in [5.74, 6) is 0. The van der Waals surface area contributed by atoms with Gasteiger partial charge >= 0.3 is 0 Å². The van der Waals surface area contributed by atoms with Crippen LogP contribution >= 0.6 is 11.6 Å². The van der Waals surface area contributed by atoms with Crippen LogP contribution in [0.25, 0.3) is 0 Å². The highest BCUT2D eigenvalue weighted by molar-refractivity contribution is 6.31. The first kappa shape index (κ1) is 12.9. The summed E-state index contributed by atoms with van der Waals surface area (Å²) in [4.78, 5) is 2.55. The van der Waals surface area contributed by atoms with E-state index >= 15 is 0 Å². The van der Waals surface area contributed by atoms with Gasteiger partial charge in [0.05, 0.1) is 0 Å². The number of rotatable bonds is 4. The molecule has 1 aromatic carbocycles. The molecule has 94 valence electrons. The van der Waals surface area contributed by atoms with Gasteiger partial charge in [-0.25, -0.2) is 0 Å². The van der Waals surface area contributed by atoms with Gasteiger partial charge in [-0.2, -0.15) is 0 Å². The van der Waals surface area contributed by atoms with Crippen molar-refractivity contribution in [2.45, 2.75) is 19.3 Å². The highest BCUT2D eigenvalue weighted by atomic mass is 35.5. The van der Waals surface area contributed by atoms with E-state index in [2.05, 4.69) is 22.3 Å². The minimum Gasteiger partial charge on any atom is -0.315 e. The Labute approximate surface area is 109 Å². The highest BCUT2D eigenvalue weighted by Gasteiger charge is 2.08. The molecule has 1 saturated heterocycles. The van der Waals surface area contributed by atoms with Crippen LogP contribution in [0.2, 0.25) is 5.02 Å². The average molecular weight is 253 g/mol. The molecule has 1 N–H and O–H groups in total. The lowest BCUT2D eigenvalue weighted by atomic mass is 10.1. The van der Waals surface area contributed by atoms with Gasteiger partial charge in [0.2, 0.25) is 0 Å². The van der Waals surface area contributed by atoms with E-state index in [4.69, 9.17) is 11.6 Å². The van der Waals surface area contributed by atoms with Crippen LogP contribution in [0.15, 0.2) is 24.3 Å². The zero-order valence-corrected chi connectivity index (χ0v) is 11.0. The van der Waals surface area contributed by atoms with E-state index in [1.54, 1.807) is 0 Å². The van der Waals surface area contributed by atoms with Gasteiger partial charge < -0.3 is 10.2 Å². The number of benzene rings is 1. The minimum atomic E-state index is 0.907. The van der Waals surface area contributed by atoms with Gasteiger partial charge in [-0.1, -0.05) is 29.8 Å². The van der Waals surface area contributed by atoms with Gasteiger partial charge in [-0.05, 0) is 50.5 Å². The molecule has 1 aromatic rings. The Bertz CT molecular complexity index is 333. The Morgan fingerprint density at radius 2 is 2.06 bits per heavy atom. The summed E-state index contributed by atoms with van der Waals surface area (Å²) >= 11 is 6.15. The van der Waals surface area contributed by atoms with Crippen molar-refractivity contribution in [1.82, 2.24) is 10.2 Å². The number of hydrogen-bond donors (Lipinski definition) is 1. The van der Waals surface area contributed by atoms with Crippen LogP contribution in [0, 0.1) is 0 Å². The predicted octanol–water partition coefficient (Wildman–Crippen LogP) is 2.57. The van der Waals surface area contributed by atoms with Gasteiger partial charge in [0.1, 0.15) is 0 Å². The van der Waals surface area contributed by atoms with Gasteiger partial charge in [-0.3, -0.25) is 0 Å². The lowest BCUT2D eigenvalue weighted by Crippen LogP contribution is -2.29. The van der Waals surface area contributed by atoms with Crippen molar-refractivity contribution in [2.75, 3.05) is 32.7 Å². The van der Waals surface area contributed by atoms with Crippen LogP contribution in [0.3, 0.4) is 0 Å². The zero-order valence-electron chi connectivity index (χ0n) is 10.3. The van der Waals surface area contributed by atoms with Crippen molar-refractivity contribution in [3.05, 3.63) is 34.9 Å². The molecule has 2 rings (SSSR count). The van der Waals surface area contributed by atoms with Gasteiger partial charge in [-0.15, -0.1) is 0 Å². The molecule has 3 heteroatoms. The Kier molecular flexibility index (Phi) is 5.30. The molecule has 0 saturated carbocycles. The monoisotopic (exact) mass is 252 g/mol. The fraction of sp³-hybridized carbons (Fsp3) is 0.571. The van der Waals surface area contributed by atoms with E-state index in [0.29, 0.717) is 0 Å². The maximum atomic E-state index is 6.15. The molecule has 2 nitrogen and oxygen atoms in total. The first-order valence-electron chi connectivity index (χ1n) is 6.53. The second-order valence-electron chi connectivity index (χ2n) is 4.64. The van der Waals surface area contributed by atoms with E-state index in [9.17, 15) is 0 Å². The van der Waals surface area contributed by atoms with Crippen LogP contribution in [0.1, 0.15) is 18.4 Å². The largest absolute Gasteiger partial charge is 0.315 e. The van der Waals surface area contributed by atoms with E-state index < -0.39 is 0 Å². The van der Waals surface area contributed by atoms with Crippen LogP contribution in [0.5, 0.6) is 0 Å². The van der Waals surface area contributed by atoms with E-state index in [-0.39, 0.29) is 0 Å². The lowest BCUT2D eigenvalue weighted by Gasteiger charge is -2.19. The van der Waals surface area contributed by atoms with Crippen molar-refractivity contribution in [1.29, 1.82) is 0 Å². The van der Waals surface area contributed by atoms with Crippen LogP contribution in [-0.4, -0.2) is 37.6 Å². The van der Waals surface area contributed by atoms with Crippen molar-refractivity contribution in [3.63, 3.8) is 0 Å². The molecule has 0 unspecified atom stereocenters. The molecule has 0 spiro atoms.